The van der Waals surface area contributed by atoms with E-state index < -0.39 is 54.1 Å². The maximum atomic E-state index is 13.9. The molecule has 0 aliphatic rings. The van der Waals surface area contributed by atoms with E-state index in [0.717, 1.165) is 49.8 Å². The van der Waals surface area contributed by atoms with Crippen molar-refractivity contribution in [3.8, 4) is 5.75 Å². The van der Waals surface area contributed by atoms with Gasteiger partial charge in [-0.1, -0.05) is 83.1 Å². The van der Waals surface area contributed by atoms with E-state index in [1.807, 2.05) is 11.8 Å². The molecular weight excluding hydrogens is 645 g/mol. The largest absolute Gasteiger partial charge is 0.494 e. The van der Waals surface area contributed by atoms with Crippen LogP contribution in [0.3, 0.4) is 0 Å². The summed E-state index contributed by atoms with van der Waals surface area (Å²) in [6.45, 7) is 8.74. The van der Waals surface area contributed by atoms with Gasteiger partial charge in [0.2, 0.25) is 5.91 Å². The summed E-state index contributed by atoms with van der Waals surface area (Å²) in [6, 6.07) is 6.07. The minimum atomic E-state index is -2.49. The molecule has 1 aromatic carbocycles. The lowest BCUT2D eigenvalue weighted by Gasteiger charge is -2.34. The van der Waals surface area contributed by atoms with Crippen molar-refractivity contribution in [2.45, 2.75) is 142 Å². The maximum Gasteiger partial charge on any atom is 0.339 e. The van der Waals surface area contributed by atoms with Gasteiger partial charge in [0, 0.05) is 12.8 Å². The van der Waals surface area contributed by atoms with Crippen molar-refractivity contribution in [2.75, 3.05) is 31.9 Å². The number of benzene rings is 1. The minimum absolute atomic E-state index is 0.0925. The van der Waals surface area contributed by atoms with Gasteiger partial charge in [0.05, 0.1) is 26.3 Å². The Morgan fingerprint density at radius 3 is 2.10 bits per heavy atom. The van der Waals surface area contributed by atoms with Crippen molar-refractivity contribution in [3.63, 3.8) is 0 Å². The highest BCUT2D eigenvalue weighted by atomic mass is 32.2. The summed E-state index contributed by atoms with van der Waals surface area (Å²) in [6.07, 6.45) is 15.8. The van der Waals surface area contributed by atoms with Gasteiger partial charge in [0.25, 0.3) is 0 Å². The molecule has 0 fully saturated rings. The molecule has 10 heteroatoms. The van der Waals surface area contributed by atoms with E-state index in [1.54, 1.807) is 51.1 Å². The number of rotatable bonds is 27. The number of allylic oxidation sites excluding steroid dienone is 1. The number of unbranched alkanes of at least 4 members (excludes halogenated alkanes) is 9. The van der Waals surface area contributed by atoms with E-state index in [9.17, 15) is 23.9 Å². The Morgan fingerprint density at radius 1 is 0.918 bits per heavy atom. The van der Waals surface area contributed by atoms with Crippen LogP contribution in [0.4, 0.5) is 4.39 Å². The van der Waals surface area contributed by atoms with E-state index >= 15 is 0 Å². The first-order valence-electron chi connectivity index (χ1n) is 18.3. The van der Waals surface area contributed by atoms with Gasteiger partial charge in [-0.2, -0.15) is 11.8 Å². The van der Waals surface area contributed by atoms with Crippen LogP contribution in [0.15, 0.2) is 36.4 Å². The Bertz CT molecular complexity index is 1090. The van der Waals surface area contributed by atoms with Gasteiger partial charge < -0.3 is 24.6 Å². The number of thioether (sulfide) groups is 1. The monoisotopic (exact) mass is 709 g/mol. The Morgan fingerprint density at radius 2 is 1.53 bits per heavy atom. The van der Waals surface area contributed by atoms with Crippen molar-refractivity contribution in [1.82, 2.24) is 5.32 Å². The average molecular weight is 710 g/mol. The second kappa shape index (κ2) is 25.4. The number of carbonyl (C=O) groups excluding carboxylic acids is 3. The highest BCUT2D eigenvalue weighted by Crippen LogP contribution is 2.29. The van der Waals surface area contributed by atoms with Gasteiger partial charge >= 0.3 is 11.9 Å². The number of nitrogens with one attached hydrogen (secondary N) is 1. The predicted octanol–water partition coefficient (Wildman–Crippen LogP) is 8.32. The molecule has 0 aliphatic heterocycles. The van der Waals surface area contributed by atoms with Crippen molar-refractivity contribution in [3.05, 3.63) is 42.0 Å². The molecule has 2 N–H and O–H groups in total. The molecule has 280 valence electrons. The van der Waals surface area contributed by atoms with E-state index in [1.165, 1.54) is 51.0 Å². The summed E-state index contributed by atoms with van der Waals surface area (Å²) in [5.74, 6) is -1.04. The van der Waals surface area contributed by atoms with Gasteiger partial charge in [-0.3, -0.25) is 9.18 Å². The number of esters is 2. The van der Waals surface area contributed by atoms with Crippen LogP contribution >= 0.6 is 11.8 Å². The molecule has 1 aromatic rings. The van der Waals surface area contributed by atoms with Crippen molar-refractivity contribution >= 4 is 29.6 Å². The first-order valence-corrected chi connectivity index (χ1v) is 19.4. The topological polar surface area (TPSA) is 111 Å². The number of hydrogen-bond donors (Lipinski definition) is 2. The number of carbonyl (C=O) groups is 3. The lowest BCUT2D eigenvalue weighted by Crippen LogP contribution is -2.56. The minimum Gasteiger partial charge on any atom is -0.494 e. The third-order valence-corrected chi connectivity index (χ3v) is 9.24. The summed E-state index contributed by atoms with van der Waals surface area (Å²) >= 11 is 2.01. The molecule has 0 radical (unpaired) electrons. The fourth-order valence-electron chi connectivity index (χ4n) is 5.21. The van der Waals surface area contributed by atoms with E-state index in [4.69, 9.17) is 14.2 Å². The van der Waals surface area contributed by atoms with Crippen LogP contribution in [0, 0.1) is 5.92 Å². The SMILES string of the molecule is CCCCCCCSCCCCCC/C=C/[C@H](C(=O)N[C@@H](Cc1ccc(OCCCC)cc1)C(=O)OC)[C@@](O)(CCF)C(=O)OC(C)(C)C. The fourth-order valence-corrected chi connectivity index (χ4v) is 6.23. The third-order valence-electron chi connectivity index (χ3n) is 8.09. The lowest BCUT2D eigenvalue weighted by molar-refractivity contribution is -0.184. The number of methoxy groups -OCH3 is 1. The first-order chi connectivity index (χ1) is 23.4. The van der Waals surface area contributed by atoms with Crippen LogP contribution in [0.2, 0.25) is 0 Å². The Balaban J connectivity index is 2.99. The molecule has 0 heterocycles. The molecular formula is C39H64FNO7S. The van der Waals surface area contributed by atoms with Crippen LogP contribution in [-0.2, 0) is 30.3 Å². The van der Waals surface area contributed by atoms with E-state index in [2.05, 4.69) is 19.2 Å². The van der Waals surface area contributed by atoms with Crippen molar-refractivity contribution in [1.29, 1.82) is 0 Å². The molecule has 8 nitrogen and oxygen atoms in total. The number of aliphatic hydroxyl groups is 1. The van der Waals surface area contributed by atoms with Crippen molar-refractivity contribution < 1.29 is 38.1 Å². The van der Waals surface area contributed by atoms with Crippen LogP contribution in [-0.4, -0.2) is 72.1 Å². The number of hydrogen-bond acceptors (Lipinski definition) is 8. The fraction of sp³-hybridized carbons (Fsp3) is 0.718. The highest BCUT2D eigenvalue weighted by molar-refractivity contribution is 7.99. The molecule has 0 saturated heterocycles. The van der Waals surface area contributed by atoms with Gasteiger partial charge in [-0.15, -0.1) is 0 Å². The number of alkyl halides is 1. The Hall–Kier alpha value is -2.59. The summed E-state index contributed by atoms with van der Waals surface area (Å²) in [7, 11) is 1.22. The Labute approximate surface area is 299 Å². The molecule has 0 aromatic heterocycles. The molecule has 1 rings (SSSR count). The van der Waals surface area contributed by atoms with Crippen LogP contribution in [0.5, 0.6) is 5.75 Å². The van der Waals surface area contributed by atoms with Gasteiger partial charge in [-0.25, -0.2) is 9.59 Å². The van der Waals surface area contributed by atoms with Gasteiger partial charge in [0.15, 0.2) is 5.60 Å². The molecule has 0 bridgehead atoms. The third kappa shape index (κ3) is 18.8. The zero-order chi connectivity index (χ0) is 36.5. The quantitative estimate of drug-likeness (QED) is 0.0533. The molecule has 0 spiro atoms. The molecule has 3 atom stereocenters. The Kier molecular flexibility index (Phi) is 23.0. The second-order valence-electron chi connectivity index (χ2n) is 13.6. The predicted molar refractivity (Wildman–Crippen MR) is 198 cm³/mol. The van der Waals surface area contributed by atoms with Crippen LogP contribution in [0.25, 0.3) is 0 Å². The number of amides is 1. The second-order valence-corrected chi connectivity index (χ2v) is 14.9. The molecule has 0 unspecified atom stereocenters. The molecule has 49 heavy (non-hydrogen) atoms. The molecule has 1 amide bonds. The smallest absolute Gasteiger partial charge is 0.339 e. The summed E-state index contributed by atoms with van der Waals surface area (Å²) in [5, 5.41) is 14.3. The normalized spacial score (nSPS) is 14.2. The van der Waals surface area contributed by atoms with Gasteiger partial charge in [-0.05, 0) is 82.1 Å². The van der Waals surface area contributed by atoms with Crippen molar-refractivity contribution in [2.24, 2.45) is 5.92 Å². The average Bonchev–Trinajstić information content (AvgIpc) is 3.06. The highest BCUT2D eigenvalue weighted by Gasteiger charge is 2.49. The lowest BCUT2D eigenvalue weighted by atomic mass is 9.82. The number of halogens is 1. The van der Waals surface area contributed by atoms with Crippen LogP contribution < -0.4 is 10.1 Å². The zero-order valence-corrected chi connectivity index (χ0v) is 31.8. The van der Waals surface area contributed by atoms with E-state index in [0.29, 0.717) is 18.8 Å². The van der Waals surface area contributed by atoms with Gasteiger partial charge in [0.1, 0.15) is 17.4 Å². The van der Waals surface area contributed by atoms with Crippen LogP contribution in [0.1, 0.15) is 124 Å². The first kappa shape index (κ1) is 44.4. The standard InChI is InChI=1S/C39H64FNO7S/c1-7-9-11-15-18-28-49-29-19-16-13-12-14-17-20-33(39(45,25-26-40)37(44)48-38(3,4)5)35(42)41-34(36(43)46-6)30-31-21-23-32(24-22-31)47-27-10-8-2/h17,20-24,33-34,45H,7-16,18-19,25-30H2,1-6H3,(H,41,42)/b20-17+/t33-,34+,39+/m1/s1. The van der Waals surface area contributed by atoms with E-state index in [-0.39, 0.29) is 6.42 Å². The summed E-state index contributed by atoms with van der Waals surface area (Å²) in [4.78, 5) is 40.0. The molecule has 0 aliphatic carbocycles. The maximum absolute atomic E-state index is 13.9. The zero-order valence-electron chi connectivity index (χ0n) is 31.0. The summed E-state index contributed by atoms with van der Waals surface area (Å²) in [5.41, 5.74) is -2.74. The summed E-state index contributed by atoms with van der Waals surface area (Å²) < 4.78 is 30.0. The molecule has 0 saturated carbocycles. The number of ether oxygens (including phenoxy) is 3.